The summed E-state index contributed by atoms with van der Waals surface area (Å²) in [4.78, 5) is 17.4. The van der Waals surface area contributed by atoms with Crippen molar-refractivity contribution in [3.8, 4) is 0 Å². The fourth-order valence-corrected chi connectivity index (χ4v) is 5.32. The van der Waals surface area contributed by atoms with Crippen LogP contribution in [0.15, 0.2) is 77.7 Å². The number of nitrogens with zero attached hydrogens (tertiary/aromatic N) is 2. The lowest BCUT2D eigenvalue weighted by Crippen LogP contribution is -2.48. The summed E-state index contributed by atoms with van der Waals surface area (Å²) in [6, 6.07) is 22.3. The highest BCUT2D eigenvalue weighted by Gasteiger charge is 2.25. The fourth-order valence-electron chi connectivity index (χ4n) is 3.99. The minimum Gasteiger partial charge on any atom is -0.336 e. The maximum Gasteiger partial charge on any atom is 0.262 e. The van der Waals surface area contributed by atoms with Crippen LogP contribution in [0.5, 0.6) is 0 Å². The summed E-state index contributed by atoms with van der Waals surface area (Å²) in [7, 11) is -3.82. The minimum atomic E-state index is -3.82. The van der Waals surface area contributed by atoms with Gasteiger partial charge in [-0.2, -0.15) is 0 Å². The Kier molecular flexibility index (Phi) is 6.81. The zero-order chi connectivity index (χ0) is 23.4. The molecule has 1 heterocycles. The van der Waals surface area contributed by atoms with Crippen LogP contribution >= 0.6 is 0 Å². The Bertz CT molecular complexity index is 1220. The summed E-state index contributed by atoms with van der Waals surface area (Å²) in [5, 5.41) is 0. The number of hydrogen-bond acceptors (Lipinski definition) is 4. The lowest BCUT2D eigenvalue weighted by atomic mass is 10.1. The number of benzene rings is 3. The fraction of sp³-hybridized carbons (Fsp3) is 0.269. The van der Waals surface area contributed by atoms with Crippen molar-refractivity contribution in [3.63, 3.8) is 0 Å². The topological polar surface area (TPSA) is 69.7 Å². The molecule has 0 saturated carbocycles. The first-order chi connectivity index (χ1) is 15.8. The molecule has 172 valence electrons. The second kappa shape index (κ2) is 9.77. The predicted molar refractivity (Wildman–Crippen MR) is 131 cm³/mol. The first kappa shape index (κ1) is 23.0. The molecular weight excluding hydrogens is 434 g/mol. The Hall–Kier alpha value is -3.16. The quantitative estimate of drug-likeness (QED) is 0.599. The van der Waals surface area contributed by atoms with Gasteiger partial charge in [-0.1, -0.05) is 54.1 Å². The summed E-state index contributed by atoms with van der Waals surface area (Å²) in [5.41, 5.74) is 3.78. The second-order valence-corrected chi connectivity index (χ2v) is 10.2. The van der Waals surface area contributed by atoms with Crippen LogP contribution in [0, 0.1) is 13.8 Å². The molecule has 0 unspecified atom stereocenters. The molecule has 0 aromatic heterocycles. The number of hydrogen-bond donors (Lipinski definition) is 1. The molecule has 6 nitrogen and oxygen atoms in total. The van der Waals surface area contributed by atoms with E-state index in [1.165, 1.54) is 11.6 Å². The van der Waals surface area contributed by atoms with E-state index in [-0.39, 0.29) is 10.8 Å². The molecule has 1 N–H and O–H groups in total. The molecule has 1 aliphatic heterocycles. The summed E-state index contributed by atoms with van der Waals surface area (Å²) in [5.74, 6) is -0.138. The van der Waals surface area contributed by atoms with E-state index in [0.717, 1.165) is 25.2 Å². The van der Waals surface area contributed by atoms with Crippen molar-refractivity contribution in [1.82, 2.24) is 9.80 Å². The molecule has 0 atom stereocenters. The average molecular weight is 464 g/mol. The van der Waals surface area contributed by atoms with Gasteiger partial charge in [-0.15, -0.1) is 0 Å². The summed E-state index contributed by atoms with van der Waals surface area (Å²) >= 11 is 0. The number of piperazine rings is 1. The van der Waals surface area contributed by atoms with Crippen LogP contribution in [-0.2, 0) is 16.6 Å². The van der Waals surface area contributed by atoms with Crippen LogP contribution in [0.3, 0.4) is 0 Å². The van der Waals surface area contributed by atoms with Gasteiger partial charge in [-0.25, -0.2) is 8.42 Å². The molecule has 4 rings (SSSR count). The molecule has 1 fully saturated rings. The highest BCUT2D eigenvalue weighted by molar-refractivity contribution is 7.92. The van der Waals surface area contributed by atoms with Gasteiger partial charge < -0.3 is 4.90 Å². The van der Waals surface area contributed by atoms with Crippen molar-refractivity contribution in [1.29, 1.82) is 0 Å². The Balaban J connectivity index is 1.44. The first-order valence-electron chi connectivity index (χ1n) is 11.1. The predicted octanol–water partition coefficient (Wildman–Crippen LogP) is 4.06. The first-order valence-corrected chi connectivity index (χ1v) is 12.6. The van der Waals surface area contributed by atoms with Gasteiger partial charge in [0.15, 0.2) is 0 Å². The van der Waals surface area contributed by atoms with Gasteiger partial charge in [0.1, 0.15) is 0 Å². The number of rotatable bonds is 6. The normalized spacial score (nSPS) is 14.8. The third kappa shape index (κ3) is 5.61. The molecular formula is C26H29N3O3S. The average Bonchev–Trinajstić information content (AvgIpc) is 2.81. The number of aryl methyl sites for hydroxylation is 2. The molecule has 0 radical (unpaired) electrons. The van der Waals surface area contributed by atoms with E-state index >= 15 is 0 Å². The van der Waals surface area contributed by atoms with E-state index in [0.29, 0.717) is 29.9 Å². The highest BCUT2D eigenvalue weighted by Crippen LogP contribution is 2.22. The third-order valence-electron chi connectivity index (χ3n) is 5.94. The minimum absolute atomic E-state index is 0.122. The summed E-state index contributed by atoms with van der Waals surface area (Å²) in [6.07, 6.45) is 0. The second-order valence-electron chi connectivity index (χ2n) is 8.51. The lowest BCUT2D eigenvalue weighted by molar-refractivity contribution is 0.0628. The molecule has 7 heteroatoms. The monoisotopic (exact) mass is 463 g/mol. The maximum absolute atomic E-state index is 13.1. The van der Waals surface area contributed by atoms with Gasteiger partial charge in [-0.3, -0.25) is 14.4 Å². The molecule has 0 bridgehead atoms. The van der Waals surface area contributed by atoms with E-state index in [9.17, 15) is 13.2 Å². The maximum atomic E-state index is 13.1. The van der Waals surface area contributed by atoms with Gasteiger partial charge in [0.25, 0.3) is 15.9 Å². The number of nitrogens with one attached hydrogen (secondary N) is 1. The van der Waals surface area contributed by atoms with Crippen molar-refractivity contribution < 1.29 is 13.2 Å². The van der Waals surface area contributed by atoms with Crippen molar-refractivity contribution in [3.05, 3.63) is 95.1 Å². The molecule has 1 saturated heterocycles. The van der Waals surface area contributed by atoms with Gasteiger partial charge in [0.05, 0.1) is 4.90 Å². The number of carbonyl (C=O) groups is 1. The standard InChI is InChI=1S/C26H29N3O3S/c1-20-8-12-24(13-9-20)27-33(31,32)25-18-23(11-10-21(25)2)26(30)29-16-14-28(15-17-29)19-22-6-4-3-5-7-22/h3-13,18,27H,14-17,19H2,1-2H3. The molecule has 0 spiro atoms. The zero-order valence-corrected chi connectivity index (χ0v) is 19.8. The molecule has 3 aromatic rings. The van der Waals surface area contributed by atoms with Gasteiger partial charge in [-0.05, 0) is 49.2 Å². The van der Waals surface area contributed by atoms with Crippen LogP contribution in [0.4, 0.5) is 5.69 Å². The van der Waals surface area contributed by atoms with Crippen LogP contribution in [0.2, 0.25) is 0 Å². The number of sulfonamides is 1. The van der Waals surface area contributed by atoms with Crippen molar-refractivity contribution in [2.24, 2.45) is 0 Å². The van der Waals surface area contributed by atoms with Gasteiger partial charge >= 0.3 is 0 Å². The van der Waals surface area contributed by atoms with Crippen LogP contribution in [0.25, 0.3) is 0 Å². The Morgan fingerprint density at radius 1 is 0.879 bits per heavy atom. The van der Waals surface area contributed by atoms with Crippen molar-refractivity contribution in [2.75, 3.05) is 30.9 Å². The lowest BCUT2D eigenvalue weighted by Gasteiger charge is -2.35. The number of carbonyl (C=O) groups excluding carboxylic acids is 1. The number of amides is 1. The molecule has 3 aromatic carbocycles. The molecule has 0 aliphatic carbocycles. The third-order valence-corrected chi connectivity index (χ3v) is 7.46. The van der Waals surface area contributed by atoms with Crippen LogP contribution < -0.4 is 4.72 Å². The SMILES string of the molecule is Cc1ccc(NS(=O)(=O)c2cc(C(=O)N3CCN(Cc4ccccc4)CC3)ccc2C)cc1. The summed E-state index contributed by atoms with van der Waals surface area (Å²) in [6.45, 7) is 7.34. The van der Waals surface area contributed by atoms with Crippen LogP contribution in [-0.4, -0.2) is 50.3 Å². The molecule has 1 aliphatic rings. The van der Waals surface area contributed by atoms with E-state index in [1.807, 2.05) is 37.3 Å². The Labute approximate surface area is 195 Å². The van der Waals surface area contributed by atoms with E-state index in [4.69, 9.17) is 0 Å². The van der Waals surface area contributed by atoms with E-state index in [2.05, 4.69) is 21.8 Å². The van der Waals surface area contributed by atoms with Gasteiger partial charge in [0, 0.05) is 44.0 Å². The highest BCUT2D eigenvalue weighted by atomic mass is 32.2. The molecule has 33 heavy (non-hydrogen) atoms. The smallest absolute Gasteiger partial charge is 0.262 e. The molecule has 1 amide bonds. The van der Waals surface area contributed by atoms with E-state index < -0.39 is 10.0 Å². The van der Waals surface area contributed by atoms with Crippen molar-refractivity contribution in [2.45, 2.75) is 25.3 Å². The number of anilines is 1. The Morgan fingerprint density at radius 2 is 1.55 bits per heavy atom. The largest absolute Gasteiger partial charge is 0.336 e. The Morgan fingerprint density at radius 3 is 2.21 bits per heavy atom. The van der Waals surface area contributed by atoms with Crippen LogP contribution in [0.1, 0.15) is 27.0 Å². The van der Waals surface area contributed by atoms with Crippen molar-refractivity contribution >= 4 is 21.6 Å². The van der Waals surface area contributed by atoms with Gasteiger partial charge in [0.2, 0.25) is 0 Å². The van der Waals surface area contributed by atoms with E-state index in [1.54, 1.807) is 36.1 Å². The summed E-state index contributed by atoms with van der Waals surface area (Å²) < 4.78 is 28.7. The zero-order valence-electron chi connectivity index (χ0n) is 19.0.